The third kappa shape index (κ3) is 5.79. The number of carbonyl (C=O) groups excluding carboxylic acids is 1. The molecule has 1 fully saturated rings. The molecule has 1 amide bonds. The van der Waals surface area contributed by atoms with Gasteiger partial charge in [-0.2, -0.15) is 0 Å². The molecule has 166 valence electrons. The Hall–Kier alpha value is -1.53. The highest BCUT2D eigenvalue weighted by molar-refractivity contribution is 9.11. The second-order valence-corrected chi connectivity index (χ2v) is 10.3. The molecule has 0 spiro atoms. The molecule has 1 saturated heterocycles. The maximum absolute atomic E-state index is 13.4. The summed E-state index contributed by atoms with van der Waals surface area (Å²) in [6.45, 7) is 12.3. The summed E-state index contributed by atoms with van der Waals surface area (Å²) in [5, 5.41) is 0. The largest absolute Gasteiger partial charge is 0.443 e. The van der Waals surface area contributed by atoms with Gasteiger partial charge >= 0.3 is 6.09 Å². The third-order valence-electron chi connectivity index (χ3n) is 5.57. The highest BCUT2D eigenvalue weighted by atomic mass is 79.9. The van der Waals surface area contributed by atoms with Crippen LogP contribution in [0.3, 0.4) is 0 Å². The van der Waals surface area contributed by atoms with E-state index in [1.165, 1.54) is 5.70 Å². The minimum Gasteiger partial charge on any atom is -0.443 e. The number of halogens is 1. The van der Waals surface area contributed by atoms with Crippen molar-refractivity contribution in [3.63, 3.8) is 0 Å². The van der Waals surface area contributed by atoms with Crippen LogP contribution in [0.4, 0.5) is 4.79 Å². The molecule has 3 rings (SSSR count). The molecule has 0 aromatic rings. The van der Waals surface area contributed by atoms with Crippen molar-refractivity contribution in [1.29, 1.82) is 0 Å². The van der Waals surface area contributed by atoms with Crippen LogP contribution in [-0.4, -0.2) is 41.3 Å². The summed E-state index contributed by atoms with van der Waals surface area (Å²) in [5.74, 6) is 0.855. The second-order valence-electron chi connectivity index (χ2n) is 9.37. The molecule has 0 aromatic heterocycles. The van der Waals surface area contributed by atoms with E-state index in [-0.39, 0.29) is 6.09 Å². The zero-order valence-corrected chi connectivity index (χ0v) is 20.5. The highest BCUT2D eigenvalue weighted by Crippen LogP contribution is 2.37. The molecule has 0 aromatic carbocycles. The number of amides is 1. The van der Waals surface area contributed by atoms with Gasteiger partial charge < -0.3 is 14.4 Å². The summed E-state index contributed by atoms with van der Waals surface area (Å²) >= 11 is 3.68. The predicted molar refractivity (Wildman–Crippen MR) is 124 cm³/mol. The molecule has 3 heterocycles. The first-order valence-corrected chi connectivity index (χ1v) is 11.8. The van der Waals surface area contributed by atoms with Crippen molar-refractivity contribution in [2.45, 2.75) is 65.9 Å². The maximum Gasteiger partial charge on any atom is 0.414 e. The number of fused-ring (bicyclic) bond motifs is 1. The van der Waals surface area contributed by atoms with Crippen molar-refractivity contribution in [2.24, 2.45) is 11.8 Å². The lowest BCUT2D eigenvalue weighted by atomic mass is 9.99. The molecule has 30 heavy (non-hydrogen) atoms. The van der Waals surface area contributed by atoms with Crippen LogP contribution < -0.4 is 0 Å². The van der Waals surface area contributed by atoms with E-state index in [4.69, 9.17) is 9.47 Å². The van der Waals surface area contributed by atoms with Gasteiger partial charge in [0, 0.05) is 36.1 Å². The van der Waals surface area contributed by atoms with E-state index in [1.54, 1.807) is 0 Å². The minimum atomic E-state index is -0.548. The maximum atomic E-state index is 13.4. The molecular formula is C24H35BrN2O3. The number of carbonyl (C=O) groups is 1. The van der Waals surface area contributed by atoms with Gasteiger partial charge in [0.15, 0.2) is 0 Å². The van der Waals surface area contributed by atoms with E-state index < -0.39 is 5.60 Å². The van der Waals surface area contributed by atoms with Crippen LogP contribution in [0.5, 0.6) is 0 Å². The lowest BCUT2D eigenvalue weighted by Crippen LogP contribution is -2.42. The lowest BCUT2D eigenvalue weighted by Gasteiger charge is -2.38. The molecule has 0 radical (unpaired) electrons. The fraction of sp³-hybridized carbons (Fsp3) is 0.625. The molecule has 6 heteroatoms. The van der Waals surface area contributed by atoms with Gasteiger partial charge in [0.2, 0.25) is 0 Å². The van der Waals surface area contributed by atoms with Crippen molar-refractivity contribution in [3.8, 4) is 0 Å². The van der Waals surface area contributed by atoms with Crippen LogP contribution in [0, 0.1) is 11.8 Å². The zero-order valence-electron chi connectivity index (χ0n) is 18.9. The van der Waals surface area contributed by atoms with Crippen molar-refractivity contribution in [2.75, 3.05) is 19.8 Å². The average Bonchev–Trinajstić information content (AvgIpc) is 2.83. The van der Waals surface area contributed by atoms with E-state index >= 15 is 0 Å². The predicted octanol–water partition coefficient (Wildman–Crippen LogP) is 6.30. The van der Waals surface area contributed by atoms with Gasteiger partial charge in [0.1, 0.15) is 5.60 Å². The Balaban J connectivity index is 1.98. The second kappa shape index (κ2) is 9.73. The number of allylic oxidation sites excluding steroid dienone is 5. The Morgan fingerprint density at radius 2 is 2.03 bits per heavy atom. The Morgan fingerprint density at radius 3 is 2.67 bits per heavy atom. The standard InChI is InChI=1S/C24H35BrN2O3/c1-6-20-13-17(2)7-8-21-22(14-19(25)16-26(20)21)27(23(28)30-24(3,4)5)15-18-9-11-29-12-10-18/h8,13-14,16-18H,6-7,9-12,15H2,1-5H3. The molecule has 1 unspecified atom stereocenters. The van der Waals surface area contributed by atoms with Crippen LogP contribution in [0.15, 0.2) is 46.0 Å². The number of rotatable bonds is 4. The normalized spacial score (nSPS) is 22.9. The molecule has 1 atom stereocenters. The van der Waals surface area contributed by atoms with Crippen LogP contribution in [0.2, 0.25) is 0 Å². The van der Waals surface area contributed by atoms with Gasteiger partial charge in [-0.3, -0.25) is 4.90 Å². The van der Waals surface area contributed by atoms with Gasteiger partial charge in [-0.05, 0) is 80.3 Å². The highest BCUT2D eigenvalue weighted by Gasteiger charge is 2.33. The van der Waals surface area contributed by atoms with Crippen molar-refractivity contribution >= 4 is 22.0 Å². The Bertz CT molecular complexity index is 770. The van der Waals surface area contributed by atoms with E-state index in [0.29, 0.717) is 18.4 Å². The fourth-order valence-electron chi connectivity index (χ4n) is 4.05. The fourth-order valence-corrected chi connectivity index (χ4v) is 4.47. The Labute approximate surface area is 189 Å². The van der Waals surface area contributed by atoms with Gasteiger partial charge in [-0.15, -0.1) is 0 Å². The average molecular weight is 479 g/mol. The van der Waals surface area contributed by atoms with E-state index in [1.807, 2.05) is 25.7 Å². The van der Waals surface area contributed by atoms with Crippen molar-refractivity contribution in [3.05, 3.63) is 46.0 Å². The third-order valence-corrected chi connectivity index (χ3v) is 6.00. The van der Waals surface area contributed by atoms with Gasteiger partial charge in [-0.1, -0.05) is 26.0 Å². The minimum absolute atomic E-state index is 0.289. The van der Waals surface area contributed by atoms with Crippen LogP contribution in [0.1, 0.15) is 60.3 Å². The topological polar surface area (TPSA) is 42.0 Å². The number of nitrogens with zero attached hydrogens (tertiary/aromatic N) is 2. The first-order chi connectivity index (χ1) is 14.2. The number of ether oxygens (including phenoxy) is 2. The van der Waals surface area contributed by atoms with Crippen LogP contribution in [-0.2, 0) is 9.47 Å². The molecule has 0 saturated carbocycles. The first kappa shape index (κ1) is 23.1. The molecule has 3 aliphatic heterocycles. The lowest BCUT2D eigenvalue weighted by molar-refractivity contribution is 0.0195. The molecule has 3 aliphatic rings. The first-order valence-electron chi connectivity index (χ1n) is 11.1. The van der Waals surface area contributed by atoms with E-state index in [0.717, 1.165) is 54.8 Å². The van der Waals surface area contributed by atoms with Gasteiger partial charge in [0.25, 0.3) is 0 Å². The molecule has 0 bridgehead atoms. The summed E-state index contributed by atoms with van der Waals surface area (Å²) in [7, 11) is 0. The summed E-state index contributed by atoms with van der Waals surface area (Å²) in [6, 6.07) is 0. The monoisotopic (exact) mass is 478 g/mol. The molecule has 0 N–H and O–H groups in total. The SMILES string of the molecule is CCC1=CC(C)CC=C2C(N(CC3CCOCC3)C(=O)OC(C)(C)C)=CC(Br)=CN12. The summed E-state index contributed by atoms with van der Waals surface area (Å²) in [6.07, 6.45) is 12.2. The van der Waals surface area contributed by atoms with Crippen LogP contribution >= 0.6 is 15.9 Å². The summed E-state index contributed by atoms with van der Waals surface area (Å²) in [4.78, 5) is 17.4. The smallest absolute Gasteiger partial charge is 0.414 e. The van der Waals surface area contributed by atoms with Crippen molar-refractivity contribution < 1.29 is 14.3 Å². The van der Waals surface area contributed by atoms with Gasteiger partial charge in [-0.25, -0.2) is 4.79 Å². The van der Waals surface area contributed by atoms with Crippen molar-refractivity contribution in [1.82, 2.24) is 9.80 Å². The molecule has 0 aliphatic carbocycles. The molecule has 5 nitrogen and oxygen atoms in total. The van der Waals surface area contributed by atoms with E-state index in [9.17, 15) is 4.79 Å². The Kier molecular flexibility index (Phi) is 7.51. The number of hydrogen-bond acceptors (Lipinski definition) is 4. The molecular weight excluding hydrogens is 444 g/mol. The number of hydrogen-bond donors (Lipinski definition) is 0. The zero-order chi connectivity index (χ0) is 21.9. The van der Waals surface area contributed by atoms with Gasteiger partial charge in [0.05, 0.1) is 11.4 Å². The van der Waals surface area contributed by atoms with Crippen LogP contribution in [0.25, 0.3) is 0 Å². The van der Waals surface area contributed by atoms with E-state index in [2.05, 4.69) is 59.1 Å². The quantitative estimate of drug-likeness (QED) is 0.474. The Morgan fingerprint density at radius 1 is 1.33 bits per heavy atom. The summed E-state index contributed by atoms with van der Waals surface area (Å²) in [5.41, 5.74) is 2.67. The summed E-state index contributed by atoms with van der Waals surface area (Å²) < 4.78 is 12.3.